The van der Waals surface area contributed by atoms with Crippen LogP contribution in [0.3, 0.4) is 0 Å². The van der Waals surface area contributed by atoms with Crippen molar-refractivity contribution in [3.63, 3.8) is 0 Å². The predicted molar refractivity (Wildman–Crippen MR) is 121 cm³/mol. The van der Waals surface area contributed by atoms with E-state index in [9.17, 15) is 4.79 Å². The van der Waals surface area contributed by atoms with Gasteiger partial charge in [0.05, 0.1) is 19.0 Å². The van der Waals surface area contributed by atoms with E-state index in [0.29, 0.717) is 12.7 Å². The van der Waals surface area contributed by atoms with Crippen LogP contribution in [0.1, 0.15) is 31.2 Å². The molecule has 4 rings (SSSR count). The van der Waals surface area contributed by atoms with Crippen LogP contribution in [-0.2, 0) is 11.3 Å². The molecule has 3 aromatic rings. The van der Waals surface area contributed by atoms with Gasteiger partial charge in [0.15, 0.2) is 0 Å². The Morgan fingerprint density at radius 3 is 2.74 bits per heavy atom. The van der Waals surface area contributed by atoms with Gasteiger partial charge in [-0.05, 0) is 73.7 Å². The molecule has 0 aliphatic heterocycles. The average Bonchev–Trinajstić information content (AvgIpc) is 3.48. The van der Waals surface area contributed by atoms with Crippen molar-refractivity contribution in [3.05, 3.63) is 78.9 Å². The maximum atomic E-state index is 12.3. The second-order valence-corrected chi connectivity index (χ2v) is 7.59. The van der Waals surface area contributed by atoms with Gasteiger partial charge in [0.2, 0.25) is 5.91 Å². The summed E-state index contributed by atoms with van der Waals surface area (Å²) in [5.41, 5.74) is 1.65. The van der Waals surface area contributed by atoms with Crippen molar-refractivity contribution in [2.75, 3.05) is 11.9 Å². The number of carbonyl (C=O) groups excluding carboxylic acids is 1. The molecular weight excluding hydrogens is 390 g/mol. The Hall–Kier alpha value is -3.54. The van der Waals surface area contributed by atoms with E-state index in [1.165, 1.54) is 18.9 Å². The van der Waals surface area contributed by atoms with E-state index in [4.69, 9.17) is 9.47 Å². The smallest absolute Gasteiger partial charge is 0.248 e. The standard InChI is InChI=1S/C25H27N3O3/c29-25(13-8-20-4-3-7-24(18-20)31-23-5-1-2-6-23)27-21-9-11-22(12-10-21)30-17-16-28-15-14-26-19-28/h3-4,7-15,18-19,23H,1-2,5-6,16-17H2,(H,27,29)/b13-8+. The first-order valence-corrected chi connectivity index (χ1v) is 10.7. The first-order chi connectivity index (χ1) is 15.2. The molecule has 0 radical (unpaired) electrons. The molecule has 1 heterocycles. The van der Waals surface area contributed by atoms with Crippen molar-refractivity contribution >= 4 is 17.7 Å². The molecule has 1 amide bonds. The molecule has 6 nitrogen and oxygen atoms in total. The molecule has 0 unspecified atom stereocenters. The van der Waals surface area contributed by atoms with E-state index in [-0.39, 0.29) is 5.91 Å². The zero-order valence-electron chi connectivity index (χ0n) is 17.4. The number of benzene rings is 2. The number of hydrogen-bond donors (Lipinski definition) is 1. The largest absolute Gasteiger partial charge is 0.492 e. The van der Waals surface area contributed by atoms with Gasteiger partial charge in [-0.25, -0.2) is 4.98 Å². The number of nitrogens with zero attached hydrogens (tertiary/aromatic N) is 2. The molecular formula is C25H27N3O3. The van der Waals surface area contributed by atoms with Crippen LogP contribution in [0.2, 0.25) is 0 Å². The van der Waals surface area contributed by atoms with Crippen molar-refractivity contribution < 1.29 is 14.3 Å². The Bertz CT molecular complexity index is 991. The highest BCUT2D eigenvalue weighted by Crippen LogP contribution is 2.25. The summed E-state index contributed by atoms with van der Waals surface area (Å²) < 4.78 is 13.7. The van der Waals surface area contributed by atoms with Crippen LogP contribution < -0.4 is 14.8 Å². The number of hydrogen-bond acceptors (Lipinski definition) is 4. The van der Waals surface area contributed by atoms with Gasteiger partial charge in [0.1, 0.15) is 18.1 Å². The normalized spacial score (nSPS) is 14.1. The van der Waals surface area contributed by atoms with Gasteiger partial charge in [-0.3, -0.25) is 4.79 Å². The van der Waals surface area contributed by atoms with Crippen LogP contribution in [0.5, 0.6) is 11.5 Å². The number of anilines is 1. The minimum absolute atomic E-state index is 0.184. The summed E-state index contributed by atoms with van der Waals surface area (Å²) in [7, 11) is 0. The fourth-order valence-corrected chi connectivity index (χ4v) is 3.57. The van der Waals surface area contributed by atoms with Gasteiger partial charge in [0.25, 0.3) is 0 Å². The SMILES string of the molecule is O=C(/C=C/c1cccc(OC2CCCC2)c1)Nc1ccc(OCCn2ccnc2)cc1. The van der Waals surface area contributed by atoms with Crippen molar-refractivity contribution in [3.8, 4) is 11.5 Å². The van der Waals surface area contributed by atoms with Gasteiger partial charge in [0, 0.05) is 24.2 Å². The molecule has 1 aliphatic rings. The van der Waals surface area contributed by atoms with Crippen LogP contribution >= 0.6 is 0 Å². The van der Waals surface area contributed by atoms with E-state index in [1.807, 2.05) is 59.3 Å². The van der Waals surface area contributed by atoms with Gasteiger partial charge < -0.3 is 19.4 Å². The lowest BCUT2D eigenvalue weighted by Gasteiger charge is -2.13. The maximum Gasteiger partial charge on any atom is 0.248 e. The quantitative estimate of drug-likeness (QED) is 0.501. The Balaban J connectivity index is 1.24. The van der Waals surface area contributed by atoms with Crippen molar-refractivity contribution in [2.24, 2.45) is 0 Å². The number of carbonyl (C=O) groups is 1. The minimum Gasteiger partial charge on any atom is -0.492 e. The lowest BCUT2D eigenvalue weighted by atomic mass is 10.2. The van der Waals surface area contributed by atoms with Gasteiger partial charge in [-0.15, -0.1) is 0 Å². The molecule has 6 heteroatoms. The molecule has 31 heavy (non-hydrogen) atoms. The van der Waals surface area contributed by atoms with Crippen LogP contribution in [0, 0.1) is 0 Å². The fraction of sp³-hybridized carbons (Fsp3) is 0.280. The van der Waals surface area contributed by atoms with Gasteiger partial charge >= 0.3 is 0 Å². The summed E-state index contributed by atoms with van der Waals surface area (Å²) in [6.07, 6.45) is 13.8. The summed E-state index contributed by atoms with van der Waals surface area (Å²) in [4.78, 5) is 16.3. The Morgan fingerprint density at radius 2 is 1.97 bits per heavy atom. The molecule has 160 valence electrons. The number of rotatable bonds is 9. The van der Waals surface area contributed by atoms with E-state index in [1.54, 1.807) is 18.6 Å². The van der Waals surface area contributed by atoms with E-state index >= 15 is 0 Å². The zero-order chi connectivity index (χ0) is 21.3. The van der Waals surface area contributed by atoms with Crippen molar-refractivity contribution in [1.29, 1.82) is 0 Å². The Labute approximate surface area is 182 Å². The molecule has 2 aromatic carbocycles. The molecule has 0 saturated heterocycles. The third kappa shape index (κ3) is 6.47. The number of aromatic nitrogens is 2. The summed E-state index contributed by atoms with van der Waals surface area (Å²) >= 11 is 0. The lowest BCUT2D eigenvalue weighted by Crippen LogP contribution is -2.10. The van der Waals surface area contributed by atoms with Crippen LogP contribution in [0.15, 0.2) is 73.3 Å². The summed E-state index contributed by atoms with van der Waals surface area (Å²) in [6.45, 7) is 1.28. The minimum atomic E-state index is -0.184. The third-order valence-corrected chi connectivity index (χ3v) is 5.19. The Kier molecular flexibility index (Phi) is 7.00. The molecule has 1 N–H and O–H groups in total. The highest BCUT2D eigenvalue weighted by Gasteiger charge is 2.16. The highest BCUT2D eigenvalue weighted by atomic mass is 16.5. The van der Waals surface area contributed by atoms with Gasteiger partial charge in [-0.1, -0.05) is 12.1 Å². The predicted octanol–water partition coefficient (Wildman–Crippen LogP) is 4.94. The molecule has 0 atom stereocenters. The molecule has 1 fully saturated rings. The Morgan fingerprint density at radius 1 is 1.13 bits per heavy atom. The third-order valence-electron chi connectivity index (χ3n) is 5.19. The maximum absolute atomic E-state index is 12.3. The summed E-state index contributed by atoms with van der Waals surface area (Å²) in [5.74, 6) is 1.43. The molecule has 1 aliphatic carbocycles. The molecule has 0 bridgehead atoms. The number of imidazole rings is 1. The van der Waals surface area contributed by atoms with Crippen LogP contribution in [0.4, 0.5) is 5.69 Å². The lowest BCUT2D eigenvalue weighted by molar-refractivity contribution is -0.111. The number of amides is 1. The van der Waals surface area contributed by atoms with Crippen LogP contribution in [0.25, 0.3) is 6.08 Å². The average molecular weight is 418 g/mol. The van der Waals surface area contributed by atoms with E-state index in [0.717, 1.165) is 42.1 Å². The van der Waals surface area contributed by atoms with E-state index in [2.05, 4.69) is 10.3 Å². The second kappa shape index (κ2) is 10.5. The summed E-state index contributed by atoms with van der Waals surface area (Å²) in [5, 5.41) is 2.87. The first-order valence-electron chi connectivity index (χ1n) is 10.7. The first kappa shape index (κ1) is 20.7. The fourth-order valence-electron chi connectivity index (χ4n) is 3.57. The van der Waals surface area contributed by atoms with E-state index < -0.39 is 0 Å². The summed E-state index contributed by atoms with van der Waals surface area (Å²) in [6, 6.07) is 15.2. The van der Waals surface area contributed by atoms with Crippen molar-refractivity contribution in [2.45, 2.75) is 38.3 Å². The highest BCUT2D eigenvalue weighted by molar-refractivity contribution is 6.01. The number of nitrogens with one attached hydrogen (secondary N) is 1. The van der Waals surface area contributed by atoms with Gasteiger partial charge in [-0.2, -0.15) is 0 Å². The zero-order valence-corrected chi connectivity index (χ0v) is 17.4. The number of ether oxygens (including phenoxy) is 2. The second-order valence-electron chi connectivity index (χ2n) is 7.59. The van der Waals surface area contributed by atoms with Crippen LogP contribution in [-0.4, -0.2) is 28.2 Å². The molecule has 1 saturated carbocycles. The molecule has 0 spiro atoms. The topological polar surface area (TPSA) is 65.4 Å². The monoisotopic (exact) mass is 417 g/mol. The molecule has 1 aromatic heterocycles. The van der Waals surface area contributed by atoms with Crippen molar-refractivity contribution in [1.82, 2.24) is 9.55 Å².